The van der Waals surface area contributed by atoms with Crippen LogP contribution >= 0.6 is 34.7 Å². The summed E-state index contributed by atoms with van der Waals surface area (Å²) in [5, 5.41) is 9.57. The second-order valence-electron chi connectivity index (χ2n) is 7.13. The third kappa shape index (κ3) is 5.62. The van der Waals surface area contributed by atoms with Crippen LogP contribution in [0.15, 0.2) is 17.3 Å². The second-order valence-corrected chi connectivity index (χ2v) is 9.87. The van der Waals surface area contributed by atoms with Crippen LogP contribution in [0.5, 0.6) is 0 Å². The summed E-state index contributed by atoms with van der Waals surface area (Å²) in [7, 11) is 1.81. The van der Waals surface area contributed by atoms with Crippen LogP contribution in [0.3, 0.4) is 0 Å². The number of thioether (sulfide) groups is 1. The molecule has 0 unspecified atom stereocenters. The third-order valence-corrected chi connectivity index (χ3v) is 6.48. The number of aromatic nitrogens is 3. The Morgan fingerprint density at radius 2 is 2.11 bits per heavy atom. The molecule has 1 aliphatic heterocycles. The quantitative estimate of drug-likeness (QED) is 0.583. The highest BCUT2D eigenvalue weighted by Gasteiger charge is 2.22. The van der Waals surface area contributed by atoms with Crippen LogP contribution < -0.4 is 4.90 Å². The molecule has 154 valence electrons. The van der Waals surface area contributed by atoms with E-state index in [1.54, 1.807) is 4.90 Å². The Kier molecular flexibility index (Phi) is 7.62. The first kappa shape index (κ1) is 21.4. The van der Waals surface area contributed by atoms with Gasteiger partial charge in [0.1, 0.15) is 0 Å². The van der Waals surface area contributed by atoms with Crippen LogP contribution in [0.4, 0.5) is 5.95 Å². The normalized spacial score (nSPS) is 14.7. The van der Waals surface area contributed by atoms with Crippen molar-refractivity contribution >= 4 is 46.6 Å². The molecule has 0 bridgehead atoms. The number of carbonyl (C=O) groups excluding carboxylic acids is 1. The molecule has 1 amide bonds. The monoisotopic (exact) mass is 443 g/mol. The van der Waals surface area contributed by atoms with Gasteiger partial charge < -0.3 is 14.5 Å². The number of amides is 1. The molecule has 1 saturated heterocycles. The molecule has 28 heavy (non-hydrogen) atoms. The minimum Gasteiger partial charge on any atom is -0.378 e. The fourth-order valence-corrected chi connectivity index (χ4v) is 4.93. The minimum absolute atomic E-state index is 0.0570. The fraction of sp³-hybridized carbons (Fsp3) is 0.611. The Hall–Kier alpha value is -1.29. The summed E-state index contributed by atoms with van der Waals surface area (Å²) in [4.78, 5) is 17.6. The van der Waals surface area contributed by atoms with Gasteiger partial charge in [-0.25, -0.2) is 0 Å². The first-order chi connectivity index (χ1) is 13.4. The molecule has 2 aromatic rings. The Morgan fingerprint density at radius 1 is 1.36 bits per heavy atom. The SMILES string of the molecule is CC(C)Cn1c(SCC(=O)N(C)Cc2ccc(Cl)s2)nnc1N1CCOCC1. The molecule has 2 aromatic heterocycles. The zero-order chi connectivity index (χ0) is 20.1. The number of nitrogens with zero attached hydrogens (tertiary/aromatic N) is 5. The summed E-state index contributed by atoms with van der Waals surface area (Å²) in [6.07, 6.45) is 0. The Labute approximate surface area is 179 Å². The Balaban J connectivity index is 1.63. The lowest BCUT2D eigenvalue weighted by atomic mass is 10.2. The first-order valence-electron chi connectivity index (χ1n) is 9.31. The van der Waals surface area contributed by atoms with Gasteiger partial charge in [0.2, 0.25) is 11.9 Å². The lowest BCUT2D eigenvalue weighted by Crippen LogP contribution is -2.38. The van der Waals surface area contributed by atoms with Gasteiger partial charge in [0.05, 0.1) is 29.8 Å². The first-order valence-corrected chi connectivity index (χ1v) is 11.5. The van der Waals surface area contributed by atoms with Crippen molar-refractivity contribution in [1.82, 2.24) is 19.7 Å². The average molecular weight is 444 g/mol. The van der Waals surface area contributed by atoms with Crippen molar-refractivity contribution in [3.63, 3.8) is 0 Å². The summed E-state index contributed by atoms with van der Waals surface area (Å²) in [5.74, 6) is 1.71. The molecule has 10 heteroatoms. The van der Waals surface area contributed by atoms with Crippen molar-refractivity contribution in [3.05, 3.63) is 21.3 Å². The highest BCUT2D eigenvalue weighted by Crippen LogP contribution is 2.25. The van der Waals surface area contributed by atoms with Gasteiger partial charge in [-0.2, -0.15) is 0 Å². The fourth-order valence-electron chi connectivity index (χ4n) is 2.91. The molecule has 0 spiro atoms. The number of halogens is 1. The maximum Gasteiger partial charge on any atom is 0.233 e. The maximum absolute atomic E-state index is 12.6. The molecule has 0 radical (unpaired) electrons. The number of hydrogen-bond donors (Lipinski definition) is 0. The lowest BCUT2D eigenvalue weighted by molar-refractivity contribution is -0.127. The maximum atomic E-state index is 12.6. The Bertz CT molecular complexity index is 789. The topological polar surface area (TPSA) is 63.5 Å². The largest absolute Gasteiger partial charge is 0.378 e. The van der Waals surface area contributed by atoms with Gasteiger partial charge >= 0.3 is 0 Å². The van der Waals surface area contributed by atoms with Gasteiger partial charge in [0.25, 0.3) is 0 Å². The lowest BCUT2D eigenvalue weighted by Gasteiger charge is -2.28. The third-order valence-electron chi connectivity index (χ3n) is 4.31. The van der Waals surface area contributed by atoms with E-state index in [0.717, 1.165) is 40.0 Å². The minimum atomic E-state index is 0.0570. The van der Waals surface area contributed by atoms with Gasteiger partial charge in [-0.15, -0.1) is 21.5 Å². The van der Waals surface area contributed by atoms with Crippen molar-refractivity contribution < 1.29 is 9.53 Å². The van der Waals surface area contributed by atoms with Crippen molar-refractivity contribution in [3.8, 4) is 0 Å². The molecular formula is C18H26ClN5O2S2. The smallest absolute Gasteiger partial charge is 0.233 e. The van der Waals surface area contributed by atoms with Crippen LogP contribution in [0.25, 0.3) is 0 Å². The van der Waals surface area contributed by atoms with E-state index >= 15 is 0 Å². The molecule has 7 nitrogen and oxygen atoms in total. The number of morpholine rings is 1. The number of hydrogen-bond acceptors (Lipinski definition) is 7. The summed E-state index contributed by atoms with van der Waals surface area (Å²) < 4.78 is 8.31. The summed E-state index contributed by atoms with van der Waals surface area (Å²) >= 11 is 8.91. The van der Waals surface area contributed by atoms with Crippen LogP contribution in [0.2, 0.25) is 4.34 Å². The molecule has 3 heterocycles. The molecule has 1 aliphatic rings. The van der Waals surface area contributed by atoms with E-state index in [1.807, 2.05) is 19.2 Å². The van der Waals surface area contributed by atoms with Crippen molar-refractivity contribution in [2.75, 3.05) is 44.0 Å². The molecule has 0 saturated carbocycles. The standard InChI is InChI=1S/C18H26ClN5O2S2/c1-13(2)10-24-17(23-6-8-26-9-7-23)20-21-18(24)27-12-16(25)22(3)11-14-4-5-15(19)28-14/h4-5,13H,6-12H2,1-3H3. The van der Waals surface area contributed by atoms with Gasteiger partial charge in [-0.3, -0.25) is 9.36 Å². The highest BCUT2D eigenvalue weighted by atomic mass is 35.5. The Morgan fingerprint density at radius 3 is 2.75 bits per heavy atom. The predicted molar refractivity (Wildman–Crippen MR) is 114 cm³/mol. The van der Waals surface area contributed by atoms with Gasteiger partial charge in [-0.1, -0.05) is 37.2 Å². The highest BCUT2D eigenvalue weighted by molar-refractivity contribution is 7.99. The molecule has 0 aliphatic carbocycles. The van der Waals surface area contributed by atoms with Gasteiger partial charge in [0.15, 0.2) is 5.16 Å². The zero-order valence-corrected chi connectivity index (χ0v) is 18.8. The van der Waals surface area contributed by atoms with E-state index in [1.165, 1.54) is 23.1 Å². The molecule has 3 rings (SSSR count). The van der Waals surface area contributed by atoms with E-state index in [9.17, 15) is 4.79 Å². The van der Waals surface area contributed by atoms with Crippen LogP contribution in [-0.2, 0) is 22.6 Å². The van der Waals surface area contributed by atoms with E-state index in [-0.39, 0.29) is 5.91 Å². The van der Waals surface area contributed by atoms with Crippen LogP contribution in [0, 0.1) is 5.92 Å². The molecular weight excluding hydrogens is 418 g/mol. The molecule has 0 aromatic carbocycles. The van der Waals surface area contributed by atoms with Crippen LogP contribution in [-0.4, -0.2) is 64.7 Å². The van der Waals surface area contributed by atoms with Crippen LogP contribution in [0.1, 0.15) is 18.7 Å². The van der Waals surface area contributed by atoms with E-state index < -0.39 is 0 Å². The zero-order valence-electron chi connectivity index (χ0n) is 16.4. The van der Waals surface area contributed by atoms with Gasteiger partial charge in [0, 0.05) is 31.6 Å². The predicted octanol–water partition coefficient (Wildman–Crippen LogP) is 3.24. The number of rotatable bonds is 8. The van der Waals surface area contributed by atoms with Gasteiger partial charge in [-0.05, 0) is 18.1 Å². The van der Waals surface area contributed by atoms with E-state index in [4.69, 9.17) is 16.3 Å². The number of carbonyl (C=O) groups is 1. The van der Waals surface area contributed by atoms with Crippen molar-refractivity contribution in [2.45, 2.75) is 32.1 Å². The molecule has 0 N–H and O–H groups in total. The summed E-state index contributed by atoms with van der Waals surface area (Å²) in [6, 6.07) is 3.81. The second kappa shape index (κ2) is 9.96. The summed E-state index contributed by atoms with van der Waals surface area (Å²) in [5.41, 5.74) is 0. The van der Waals surface area contributed by atoms with E-state index in [0.29, 0.717) is 31.4 Å². The van der Waals surface area contributed by atoms with E-state index in [2.05, 4.69) is 33.5 Å². The summed E-state index contributed by atoms with van der Waals surface area (Å²) in [6.45, 7) is 8.75. The average Bonchev–Trinajstić information content (AvgIpc) is 3.26. The number of anilines is 1. The number of thiophene rings is 1. The molecule has 0 atom stereocenters. The van der Waals surface area contributed by atoms with Crippen molar-refractivity contribution in [2.24, 2.45) is 5.92 Å². The van der Waals surface area contributed by atoms with Crippen molar-refractivity contribution in [1.29, 1.82) is 0 Å². The number of ether oxygens (including phenoxy) is 1. The molecule has 1 fully saturated rings.